The van der Waals surface area contributed by atoms with Gasteiger partial charge in [0.05, 0.1) is 0 Å². The minimum Gasteiger partial charge on any atom is -0.433 e. The summed E-state index contributed by atoms with van der Waals surface area (Å²) in [6, 6.07) is 19.3. The minimum atomic E-state index is 0.225. The van der Waals surface area contributed by atoms with E-state index >= 15 is 0 Å². The van der Waals surface area contributed by atoms with Crippen molar-refractivity contribution in [3.63, 3.8) is 0 Å². The molecule has 0 radical (unpaired) electrons. The molecule has 0 amide bonds. The summed E-state index contributed by atoms with van der Waals surface area (Å²) in [5.74, 6) is 0. The van der Waals surface area contributed by atoms with Gasteiger partial charge < -0.3 is 4.74 Å². The molecule has 0 saturated carbocycles. The molecule has 0 aliphatic heterocycles. The van der Waals surface area contributed by atoms with Crippen LogP contribution in [0, 0.1) is 0 Å². The number of ether oxygens (including phenoxy) is 1. The van der Waals surface area contributed by atoms with Crippen molar-refractivity contribution >= 4 is 35.4 Å². The third-order valence-corrected chi connectivity index (χ3v) is 2.73. The molecule has 2 aromatic carbocycles. The third kappa shape index (κ3) is 4.82. The van der Waals surface area contributed by atoms with Gasteiger partial charge in [0, 0.05) is 12.2 Å². The molecular formula is C16H12Cl2O. The van der Waals surface area contributed by atoms with E-state index in [2.05, 4.69) is 0 Å². The molecule has 2 rings (SSSR count). The van der Waals surface area contributed by atoms with E-state index in [0.29, 0.717) is 0 Å². The fourth-order valence-corrected chi connectivity index (χ4v) is 1.97. The molecule has 3 heteroatoms. The molecule has 0 heterocycles. The lowest BCUT2D eigenvalue weighted by atomic mass is 10.2. The van der Waals surface area contributed by atoms with Gasteiger partial charge in [-0.25, -0.2) is 0 Å². The van der Waals surface area contributed by atoms with Crippen LogP contribution in [0.15, 0.2) is 71.1 Å². The Morgan fingerprint density at radius 3 is 1.42 bits per heavy atom. The molecule has 0 saturated heterocycles. The molecule has 96 valence electrons. The van der Waals surface area contributed by atoms with Gasteiger partial charge in [0.15, 0.2) is 10.4 Å². The van der Waals surface area contributed by atoms with Crippen LogP contribution in [-0.4, -0.2) is 0 Å². The van der Waals surface area contributed by atoms with Crippen LogP contribution in [-0.2, 0) is 4.74 Å². The maximum Gasteiger partial charge on any atom is 0.195 e. The Morgan fingerprint density at radius 1 is 0.684 bits per heavy atom. The summed E-state index contributed by atoms with van der Waals surface area (Å²) < 4.78 is 5.31. The van der Waals surface area contributed by atoms with Gasteiger partial charge >= 0.3 is 0 Å². The van der Waals surface area contributed by atoms with Gasteiger partial charge in [-0.1, -0.05) is 60.7 Å². The highest BCUT2D eigenvalue weighted by atomic mass is 35.5. The van der Waals surface area contributed by atoms with Crippen molar-refractivity contribution in [2.24, 2.45) is 0 Å². The topological polar surface area (TPSA) is 9.23 Å². The number of rotatable bonds is 4. The highest BCUT2D eigenvalue weighted by molar-refractivity contribution is 6.33. The standard InChI is InChI=1S/C16H12Cl2O/c17-15(11-13-7-3-1-4-8-13)19-16(18)12-14-9-5-2-6-10-14/h1-12H/b15-11+,16-12+. The summed E-state index contributed by atoms with van der Waals surface area (Å²) in [6.07, 6.45) is 3.42. The summed E-state index contributed by atoms with van der Waals surface area (Å²) in [5, 5.41) is 0.451. The zero-order chi connectivity index (χ0) is 13.5. The van der Waals surface area contributed by atoms with Crippen LogP contribution in [0.25, 0.3) is 12.2 Å². The van der Waals surface area contributed by atoms with Gasteiger partial charge in [-0.3, -0.25) is 0 Å². The molecule has 0 spiro atoms. The quantitative estimate of drug-likeness (QED) is 0.678. The SMILES string of the molecule is Cl/C(=C\c1ccccc1)O/C(Cl)=C/c1ccccc1. The van der Waals surface area contributed by atoms with Gasteiger partial charge in [0.25, 0.3) is 0 Å². The number of hydrogen-bond donors (Lipinski definition) is 0. The van der Waals surface area contributed by atoms with Crippen LogP contribution in [0.2, 0.25) is 0 Å². The van der Waals surface area contributed by atoms with E-state index in [9.17, 15) is 0 Å². The molecular weight excluding hydrogens is 279 g/mol. The Kier molecular flexibility index (Phi) is 5.08. The second-order valence-corrected chi connectivity index (χ2v) is 4.57. The molecule has 0 aliphatic rings. The Hall–Kier alpha value is -1.70. The maximum absolute atomic E-state index is 5.99. The molecule has 0 bridgehead atoms. The molecule has 0 unspecified atom stereocenters. The monoisotopic (exact) mass is 290 g/mol. The van der Waals surface area contributed by atoms with Crippen molar-refractivity contribution in [1.82, 2.24) is 0 Å². The van der Waals surface area contributed by atoms with Crippen molar-refractivity contribution in [2.75, 3.05) is 0 Å². The van der Waals surface area contributed by atoms with Crippen molar-refractivity contribution < 1.29 is 4.74 Å². The lowest BCUT2D eigenvalue weighted by molar-refractivity contribution is 0.375. The van der Waals surface area contributed by atoms with E-state index in [0.717, 1.165) is 11.1 Å². The second kappa shape index (κ2) is 7.03. The highest BCUT2D eigenvalue weighted by Gasteiger charge is 1.99. The van der Waals surface area contributed by atoms with E-state index in [1.807, 2.05) is 60.7 Å². The lowest BCUT2D eigenvalue weighted by Crippen LogP contribution is -1.82. The van der Waals surface area contributed by atoms with Crippen LogP contribution in [0.1, 0.15) is 11.1 Å². The van der Waals surface area contributed by atoms with Crippen molar-refractivity contribution in [1.29, 1.82) is 0 Å². The van der Waals surface area contributed by atoms with E-state index in [-0.39, 0.29) is 10.4 Å². The van der Waals surface area contributed by atoms with E-state index < -0.39 is 0 Å². The Bertz CT molecular complexity index is 521. The Balaban J connectivity index is 2.05. The summed E-state index contributed by atoms with van der Waals surface area (Å²) in [7, 11) is 0. The van der Waals surface area contributed by atoms with Gasteiger partial charge in [0.1, 0.15) is 0 Å². The van der Waals surface area contributed by atoms with Crippen LogP contribution in [0.3, 0.4) is 0 Å². The van der Waals surface area contributed by atoms with Crippen LogP contribution in [0.5, 0.6) is 0 Å². The van der Waals surface area contributed by atoms with Gasteiger partial charge in [0.2, 0.25) is 0 Å². The molecule has 19 heavy (non-hydrogen) atoms. The van der Waals surface area contributed by atoms with Crippen LogP contribution in [0.4, 0.5) is 0 Å². The molecule has 0 aromatic heterocycles. The first-order chi connectivity index (χ1) is 9.24. The fourth-order valence-electron chi connectivity index (χ4n) is 1.51. The van der Waals surface area contributed by atoms with E-state index in [1.54, 1.807) is 12.2 Å². The van der Waals surface area contributed by atoms with Gasteiger partial charge in [-0.15, -0.1) is 0 Å². The number of halogens is 2. The van der Waals surface area contributed by atoms with E-state index in [1.165, 1.54) is 0 Å². The van der Waals surface area contributed by atoms with Crippen LogP contribution < -0.4 is 0 Å². The molecule has 0 fully saturated rings. The summed E-state index contributed by atoms with van der Waals surface area (Å²) in [4.78, 5) is 0. The summed E-state index contributed by atoms with van der Waals surface area (Å²) in [5.41, 5.74) is 1.91. The zero-order valence-corrected chi connectivity index (χ0v) is 11.6. The molecule has 0 aliphatic carbocycles. The zero-order valence-electron chi connectivity index (χ0n) is 10.1. The third-order valence-electron chi connectivity index (χ3n) is 2.35. The van der Waals surface area contributed by atoms with Crippen molar-refractivity contribution in [3.05, 3.63) is 82.2 Å². The van der Waals surface area contributed by atoms with E-state index in [4.69, 9.17) is 27.9 Å². The lowest BCUT2D eigenvalue weighted by Gasteiger charge is -2.02. The first-order valence-corrected chi connectivity index (χ1v) is 6.52. The predicted octanol–water partition coefficient (Wildman–Crippen LogP) is 5.48. The first kappa shape index (κ1) is 13.7. The molecule has 0 N–H and O–H groups in total. The van der Waals surface area contributed by atoms with Crippen molar-refractivity contribution in [3.8, 4) is 0 Å². The minimum absolute atomic E-state index is 0.225. The highest BCUT2D eigenvalue weighted by Crippen LogP contribution is 2.19. The van der Waals surface area contributed by atoms with Crippen LogP contribution >= 0.6 is 23.2 Å². The van der Waals surface area contributed by atoms with Crippen molar-refractivity contribution in [2.45, 2.75) is 0 Å². The molecule has 1 nitrogen and oxygen atoms in total. The maximum atomic E-state index is 5.99. The Labute approximate surface area is 122 Å². The Morgan fingerprint density at radius 2 is 1.05 bits per heavy atom. The first-order valence-electron chi connectivity index (χ1n) is 5.76. The number of hydrogen-bond acceptors (Lipinski definition) is 1. The normalized spacial score (nSPS) is 12.3. The predicted molar refractivity (Wildman–Crippen MR) is 81.6 cm³/mol. The summed E-state index contributed by atoms with van der Waals surface area (Å²) >= 11 is 12.0. The largest absolute Gasteiger partial charge is 0.433 e. The average Bonchev–Trinajstić information content (AvgIpc) is 2.40. The molecule has 2 aromatic rings. The smallest absolute Gasteiger partial charge is 0.195 e. The van der Waals surface area contributed by atoms with Gasteiger partial charge in [-0.2, -0.15) is 0 Å². The molecule has 0 atom stereocenters. The summed E-state index contributed by atoms with van der Waals surface area (Å²) in [6.45, 7) is 0. The number of benzene rings is 2. The van der Waals surface area contributed by atoms with Gasteiger partial charge in [-0.05, 0) is 34.3 Å². The average molecular weight is 291 g/mol. The fraction of sp³-hybridized carbons (Fsp3) is 0. The second-order valence-electron chi connectivity index (χ2n) is 3.82.